The van der Waals surface area contributed by atoms with Crippen LogP contribution in [0.1, 0.15) is 16.1 Å². The molecule has 0 spiro atoms. The summed E-state index contributed by atoms with van der Waals surface area (Å²) in [5.41, 5.74) is 4.55. The van der Waals surface area contributed by atoms with E-state index in [1.165, 1.54) is 6.20 Å². The lowest BCUT2D eigenvalue weighted by Crippen LogP contribution is -2.13. The van der Waals surface area contributed by atoms with Crippen LogP contribution in [-0.2, 0) is 0 Å². The maximum atomic E-state index is 12.9. The quantitative estimate of drug-likeness (QED) is 0.454. The molecule has 2 aromatic heterocycles. The highest BCUT2D eigenvalue weighted by atomic mass is 35.5. The van der Waals surface area contributed by atoms with E-state index in [4.69, 9.17) is 16.3 Å². The summed E-state index contributed by atoms with van der Waals surface area (Å²) in [4.78, 5) is 16.8. The van der Waals surface area contributed by atoms with Gasteiger partial charge in [-0.15, -0.1) is 0 Å². The second kappa shape index (κ2) is 8.39. The fourth-order valence-corrected chi connectivity index (χ4v) is 3.31. The molecule has 1 N–H and O–H groups in total. The van der Waals surface area contributed by atoms with Gasteiger partial charge >= 0.3 is 0 Å². The van der Waals surface area contributed by atoms with Gasteiger partial charge in [-0.25, -0.2) is 9.67 Å². The minimum absolute atomic E-state index is 0.289. The van der Waals surface area contributed by atoms with Crippen LogP contribution in [0.15, 0.2) is 72.9 Å². The van der Waals surface area contributed by atoms with Gasteiger partial charge in [0.2, 0.25) is 0 Å². The molecule has 0 aliphatic rings. The summed E-state index contributed by atoms with van der Waals surface area (Å²) in [6.07, 6.45) is 1.53. The van der Waals surface area contributed by atoms with Crippen molar-refractivity contribution in [2.75, 3.05) is 12.4 Å². The number of benzene rings is 2. The van der Waals surface area contributed by atoms with Gasteiger partial charge in [-0.3, -0.25) is 4.79 Å². The average Bonchev–Trinajstić information content (AvgIpc) is 3.19. The number of halogens is 1. The fourth-order valence-electron chi connectivity index (χ4n) is 3.14. The molecule has 0 aliphatic carbocycles. The van der Waals surface area contributed by atoms with Crippen molar-refractivity contribution in [2.45, 2.75) is 6.92 Å². The number of nitrogens with one attached hydrogen (secondary N) is 1. The molecule has 0 aliphatic heterocycles. The Morgan fingerprint density at radius 2 is 1.83 bits per heavy atom. The third-order valence-corrected chi connectivity index (χ3v) is 4.87. The number of hydrogen-bond acceptors (Lipinski definition) is 4. The van der Waals surface area contributed by atoms with Gasteiger partial charge in [0.25, 0.3) is 5.91 Å². The minimum atomic E-state index is -0.334. The van der Waals surface area contributed by atoms with Crippen molar-refractivity contribution in [1.29, 1.82) is 0 Å². The molecule has 7 heteroatoms. The van der Waals surface area contributed by atoms with Gasteiger partial charge in [0, 0.05) is 17.4 Å². The van der Waals surface area contributed by atoms with E-state index in [-0.39, 0.29) is 11.6 Å². The van der Waals surface area contributed by atoms with Crippen LogP contribution in [0.5, 0.6) is 5.75 Å². The average molecular weight is 419 g/mol. The summed E-state index contributed by atoms with van der Waals surface area (Å²) >= 11 is 5.91. The van der Waals surface area contributed by atoms with E-state index in [1.54, 1.807) is 30.0 Å². The van der Waals surface area contributed by atoms with Crippen molar-refractivity contribution in [1.82, 2.24) is 14.8 Å². The minimum Gasteiger partial charge on any atom is -0.497 e. The van der Waals surface area contributed by atoms with Gasteiger partial charge < -0.3 is 10.1 Å². The molecule has 150 valence electrons. The Morgan fingerprint density at radius 1 is 1.07 bits per heavy atom. The second-order valence-electron chi connectivity index (χ2n) is 6.66. The highest BCUT2D eigenvalue weighted by Crippen LogP contribution is 2.28. The molecule has 4 rings (SSSR count). The molecule has 2 heterocycles. The smallest absolute Gasteiger partial charge is 0.276 e. The van der Waals surface area contributed by atoms with E-state index in [0.29, 0.717) is 10.8 Å². The van der Waals surface area contributed by atoms with Crippen LogP contribution in [0.3, 0.4) is 0 Å². The lowest BCUT2D eigenvalue weighted by Gasteiger charge is -2.10. The predicted molar refractivity (Wildman–Crippen MR) is 117 cm³/mol. The molecule has 0 saturated carbocycles. The van der Waals surface area contributed by atoms with E-state index in [0.717, 1.165) is 28.3 Å². The van der Waals surface area contributed by atoms with Crippen molar-refractivity contribution < 1.29 is 9.53 Å². The van der Waals surface area contributed by atoms with Crippen LogP contribution in [0.2, 0.25) is 5.15 Å². The van der Waals surface area contributed by atoms with Crippen LogP contribution < -0.4 is 10.1 Å². The van der Waals surface area contributed by atoms with E-state index < -0.39 is 0 Å². The fraction of sp³-hybridized carbons (Fsp3) is 0.0870. The van der Waals surface area contributed by atoms with Crippen LogP contribution in [0.25, 0.3) is 16.9 Å². The van der Waals surface area contributed by atoms with Gasteiger partial charge in [-0.05, 0) is 55.0 Å². The number of hydrogen-bond donors (Lipinski definition) is 1. The van der Waals surface area contributed by atoms with E-state index in [9.17, 15) is 4.79 Å². The number of aryl methyl sites for hydroxylation is 1. The number of nitrogens with zero attached hydrogens (tertiary/aromatic N) is 3. The van der Waals surface area contributed by atoms with E-state index in [1.807, 2.05) is 55.5 Å². The first-order valence-electron chi connectivity index (χ1n) is 9.28. The highest BCUT2D eigenvalue weighted by molar-refractivity contribution is 6.29. The number of carbonyl (C=O) groups is 1. The first kappa shape index (κ1) is 19.7. The number of pyridine rings is 1. The van der Waals surface area contributed by atoms with Crippen molar-refractivity contribution in [3.05, 3.63) is 89.3 Å². The molecule has 0 saturated heterocycles. The summed E-state index contributed by atoms with van der Waals surface area (Å²) in [7, 11) is 1.62. The number of amides is 1. The van der Waals surface area contributed by atoms with Crippen molar-refractivity contribution in [2.24, 2.45) is 0 Å². The topological polar surface area (TPSA) is 69.0 Å². The van der Waals surface area contributed by atoms with Crippen LogP contribution in [0.4, 0.5) is 5.69 Å². The number of anilines is 1. The van der Waals surface area contributed by atoms with E-state index >= 15 is 0 Å². The molecule has 1 amide bonds. The molecule has 6 nitrogen and oxygen atoms in total. The maximum absolute atomic E-state index is 12.9. The number of aromatic nitrogens is 3. The molecule has 0 atom stereocenters. The van der Waals surface area contributed by atoms with Crippen molar-refractivity contribution >= 4 is 23.2 Å². The Balaban J connectivity index is 1.77. The van der Waals surface area contributed by atoms with Crippen LogP contribution in [0, 0.1) is 6.92 Å². The zero-order valence-electron chi connectivity index (χ0n) is 16.5. The SMILES string of the molecule is COc1ccc(-n2nc(C(=O)Nc3ccnc(Cl)c3)cc2-c2ccccc2C)cc1. The zero-order valence-corrected chi connectivity index (χ0v) is 17.2. The maximum Gasteiger partial charge on any atom is 0.276 e. The predicted octanol–water partition coefficient (Wildman–Crippen LogP) is 5.16. The molecule has 30 heavy (non-hydrogen) atoms. The normalized spacial score (nSPS) is 10.6. The zero-order chi connectivity index (χ0) is 21.1. The van der Waals surface area contributed by atoms with Gasteiger partial charge in [0.05, 0.1) is 18.5 Å². The van der Waals surface area contributed by atoms with Gasteiger partial charge in [0.1, 0.15) is 10.9 Å². The molecule has 0 unspecified atom stereocenters. The Labute approximate surface area is 179 Å². The Hall–Kier alpha value is -3.64. The Kier molecular flexibility index (Phi) is 5.50. The molecular formula is C23H19ClN4O2. The third-order valence-electron chi connectivity index (χ3n) is 4.66. The Morgan fingerprint density at radius 3 is 2.53 bits per heavy atom. The van der Waals surface area contributed by atoms with Crippen LogP contribution in [-0.4, -0.2) is 27.8 Å². The summed E-state index contributed by atoms with van der Waals surface area (Å²) in [6, 6.07) is 20.5. The summed E-state index contributed by atoms with van der Waals surface area (Å²) in [5.74, 6) is 0.412. The molecular weight excluding hydrogens is 400 g/mol. The number of ether oxygens (including phenoxy) is 1. The lowest BCUT2D eigenvalue weighted by molar-refractivity contribution is 0.102. The summed E-state index contributed by atoms with van der Waals surface area (Å²) < 4.78 is 7.01. The first-order chi connectivity index (χ1) is 14.5. The van der Waals surface area contributed by atoms with Crippen molar-refractivity contribution in [3.63, 3.8) is 0 Å². The standard InChI is InChI=1S/C23H19ClN4O2/c1-15-5-3-4-6-19(15)21-14-20(23(29)26-16-11-12-25-22(24)13-16)27-28(21)17-7-9-18(30-2)10-8-17/h3-14H,1-2H3,(H,25,26,29). The number of rotatable bonds is 5. The van der Waals surface area contributed by atoms with Gasteiger partial charge in [-0.1, -0.05) is 35.9 Å². The highest BCUT2D eigenvalue weighted by Gasteiger charge is 2.18. The first-order valence-corrected chi connectivity index (χ1v) is 9.66. The second-order valence-corrected chi connectivity index (χ2v) is 7.05. The summed E-state index contributed by atoms with van der Waals surface area (Å²) in [6.45, 7) is 2.03. The summed E-state index contributed by atoms with van der Waals surface area (Å²) in [5, 5.41) is 7.71. The Bertz CT molecular complexity index is 1200. The molecule has 0 bridgehead atoms. The van der Waals surface area contributed by atoms with Crippen LogP contribution >= 0.6 is 11.6 Å². The molecule has 0 fully saturated rings. The molecule has 0 radical (unpaired) electrons. The monoisotopic (exact) mass is 418 g/mol. The largest absolute Gasteiger partial charge is 0.497 e. The lowest BCUT2D eigenvalue weighted by atomic mass is 10.1. The molecule has 2 aromatic carbocycles. The van der Waals surface area contributed by atoms with Gasteiger partial charge in [0.15, 0.2) is 5.69 Å². The molecule has 4 aromatic rings. The van der Waals surface area contributed by atoms with E-state index in [2.05, 4.69) is 15.4 Å². The number of methoxy groups -OCH3 is 1. The van der Waals surface area contributed by atoms with Gasteiger partial charge in [-0.2, -0.15) is 5.10 Å². The van der Waals surface area contributed by atoms with Crippen molar-refractivity contribution in [3.8, 4) is 22.7 Å². The third kappa shape index (κ3) is 4.04. The number of carbonyl (C=O) groups excluding carboxylic acids is 1.